The number of rotatable bonds is 3. The molecule has 24 heavy (non-hydrogen) atoms. The molecule has 0 saturated carbocycles. The molecule has 0 amide bonds. The molecule has 0 aliphatic carbocycles. The molecule has 1 unspecified atom stereocenters. The van der Waals surface area contributed by atoms with Gasteiger partial charge in [-0.15, -0.1) is 24.8 Å². The van der Waals surface area contributed by atoms with Crippen molar-refractivity contribution in [3.63, 3.8) is 0 Å². The fourth-order valence-corrected chi connectivity index (χ4v) is 4.00. The normalized spacial score (nSPS) is 22.9. The van der Waals surface area contributed by atoms with Crippen LogP contribution in [0.4, 0.5) is 0 Å². The standard InChI is InChI=1S/C18H29N3O.2ClH/c1-20-12-5-13-21(15-18(20)8-10-19-11-9-18)14-17(22)16-6-3-2-4-7-16;;/h2-4,6-7,17,19,22H,5,8-15H2,1H3;2*1H. The topological polar surface area (TPSA) is 38.7 Å². The van der Waals surface area contributed by atoms with Gasteiger partial charge in [0.2, 0.25) is 0 Å². The van der Waals surface area contributed by atoms with Crippen molar-refractivity contribution in [2.75, 3.05) is 46.3 Å². The Labute approximate surface area is 158 Å². The molecule has 1 aromatic rings. The van der Waals surface area contributed by atoms with Gasteiger partial charge in [-0.1, -0.05) is 30.3 Å². The molecule has 0 radical (unpaired) electrons. The Morgan fingerprint density at radius 3 is 2.46 bits per heavy atom. The number of halogens is 2. The molecule has 2 N–H and O–H groups in total. The first-order valence-corrected chi connectivity index (χ1v) is 8.57. The second kappa shape index (κ2) is 9.95. The summed E-state index contributed by atoms with van der Waals surface area (Å²) in [5.41, 5.74) is 1.32. The average molecular weight is 376 g/mol. The van der Waals surface area contributed by atoms with Crippen LogP contribution in [0.3, 0.4) is 0 Å². The maximum Gasteiger partial charge on any atom is 0.0916 e. The third-order valence-electron chi connectivity index (χ3n) is 5.45. The van der Waals surface area contributed by atoms with E-state index in [1.807, 2.05) is 30.3 Å². The van der Waals surface area contributed by atoms with Crippen molar-refractivity contribution in [3.8, 4) is 0 Å². The van der Waals surface area contributed by atoms with Crippen LogP contribution < -0.4 is 5.32 Å². The average Bonchev–Trinajstić information content (AvgIpc) is 2.69. The van der Waals surface area contributed by atoms with Crippen LogP contribution >= 0.6 is 24.8 Å². The summed E-state index contributed by atoms with van der Waals surface area (Å²) in [5, 5.41) is 14.0. The fraction of sp³-hybridized carbons (Fsp3) is 0.667. The first-order chi connectivity index (χ1) is 10.7. The summed E-state index contributed by atoms with van der Waals surface area (Å²) in [5.74, 6) is 0. The lowest BCUT2D eigenvalue weighted by atomic mass is 9.86. The number of likely N-dealkylation sites (N-methyl/N-ethyl adjacent to an activating group) is 1. The first-order valence-electron chi connectivity index (χ1n) is 8.57. The van der Waals surface area contributed by atoms with E-state index in [1.54, 1.807) is 0 Å². The van der Waals surface area contributed by atoms with Crippen molar-refractivity contribution < 1.29 is 5.11 Å². The van der Waals surface area contributed by atoms with Gasteiger partial charge in [0.05, 0.1) is 6.10 Å². The van der Waals surface area contributed by atoms with Crippen molar-refractivity contribution >= 4 is 24.8 Å². The Morgan fingerprint density at radius 1 is 1.12 bits per heavy atom. The SMILES string of the molecule is CN1CCCN(CC(O)c2ccccc2)CC12CCNCC2.Cl.Cl. The smallest absolute Gasteiger partial charge is 0.0916 e. The molecular weight excluding hydrogens is 345 g/mol. The highest BCUT2D eigenvalue weighted by molar-refractivity contribution is 5.85. The van der Waals surface area contributed by atoms with E-state index >= 15 is 0 Å². The molecule has 0 bridgehead atoms. The van der Waals surface area contributed by atoms with Crippen molar-refractivity contribution in [1.29, 1.82) is 0 Å². The number of aliphatic hydroxyl groups excluding tert-OH is 1. The maximum absolute atomic E-state index is 10.5. The molecule has 4 nitrogen and oxygen atoms in total. The quantitative estimate of drug-likeness (QED) is 0.850. The predicted octanol–water partition coefficient (Wildman–Crippen LogP) is 2.32. The van der Waals surface area contributed by atoms with E-state index in [0.29, 0.717) is 0 Å². The van der Waals surface area contributed by atoms with Gasteiger partial charge in [-0.3, -0.25) is 9.80 Å². The van der Waals surface area contributed by atoms with Gasteiger partial charge < -0.3 is 10.4 Å². The molecule has 1 aromatic carbocycles. The largest absolute Gasteiger partial charge is 0.387 e. The molecule has 6 heteroatoms. The zero-order valence-electron chi connectivity index (χ0n) is 14.5. The van der Waals surface area contributed by atoms with Gasteiger partial charge in [0.25, 0.3) is 0 Å². The lowest BCUT2D eigenvalue weighted by Crippen LogP contribution is -2.57. The van der Waals surface area contributed by atoms with Crippen LogP contribution in [-0.4, -0.2) is 66.8 Å². The Balaban J connectivity index is 0.00000144. The molecular formula is C18H31Cl2N3O. The third kappa shape index (κ3) is 5.07. The van der Waals surface area contributed by atoms with Gasteiger partial charge in [-0.2, -0.15) is 0 Å². The van der Waals surface area contributed by atoms with Crippen LogP contribution in [-0.2, 0) is 0 Å². The Hall–Kier alpha value is -0.360. The number of nitrogens with one attached hydrogen (secondary N) is 1. The molecule has 2 heterocycles. The predicted molar refractivity (Wildman–Crippen MR) is 104 cm³/mol. The first kappa shape index (κ1) is 21.7. The minimum atomic E-state index is -0.386. The summed E-state index contributed by atoms with van der Waals surface area (Å²) in [6, 6.07) is 10.1. The van der Waals surface area contributed by atoms with Crippen LogP contribution in [0.1, 0.15) is 30.9 Å². The van der Waals surface area contributed by atoms with E-state index in [4.69, 9.17) is 0 Å². The van der Waals surface area contributed by atoms with Gasteiger partial charge in [-0.05, 0) is 58.1 Å². The lowest BCUT2D eigenvalue weighted by Gasteiger charge is -2.45. The zero-order chi connectivity index (χ0) is 15.4. The van der Waals surface area contributed by atoms with Gasteiger partial charge in [0.15, 0.2) is 0 Å². The van der Waals surface area contributed by atoms with E-state index < -0.39 is 0 Å². The fourth-order valence-electron chi connectivity index (χ4n) is 4.00. The third-order valence-corrected chi connectivity index (χ3v) is 5.45. The van der Waals surface area contributed by atoms with E-state index in [2.05, 4.69) is 22.2 Å². The van der Waals surface area contributed by atoms with Crippen LogP contribution in [0.2, 0.25) is 0 Å². The monoisotopic (exact) mass is 375 g/mol. The van der Waals surface area contributed by atoms with Crippen LogP contribution in [0, 0.1) is 0 Å². The van der Waals surface area contributed by atoms with Gasteiger partial charge in [0, 0.05) is 18.6 Å². The molecule has 2 aliphatic heterocycles. The van der Waals surface area contributed by atoms with Crippen LogP contribution in [0.5, 0.6) is 0 Å². The number of piperidine rings is 1. The Bertz CT molecular complexity index is 469. The van der Waals surface area contributed by atoms with Crippen molar-refractivity contribution in [2.24, 2.45) is 0 Å². The van der Waals surface area contributed by atoms with Gasteiger partial charge >= 0.3 is 0 Å². The minimum absolute atomic E-state index is 0. The maximum atomic E-state index is 10.5. The number of β-amino-alcohol motifs (C(OH)–C–C–N with tert-alkyl or cyclic N) is 1. The lowest BCUT2D eigenvalue weighted by molar-refractivity contribution is 0.0466. The number of hydrogen-bond donors (Lipinski definition) is 2. The molecule has 138 valence electrons. The van der Waals surface area contributed by atoms with Crippen LogP contribution in [0.15, 0.2) is 30.3 Å². The molecule has 2 fully saturated rings. The van der Waals surface area contributed by atoms with E-state index in [9.17, 15) is 5.11 Å². The summed E-state index contributed by atoms with van der Waals surface area (Å²) < 4.78 is 0. The summed E-state index contributed by atoms with van der Waals surface area (Å²) in [4.78, 5) is 5.05. The molecule has 2 saturated heterocycles. The second-order valence-corrected chi connectivity index (χ2v) is 6.91. The summed E-state index contributed by atoms with van der Waals surface area (Å²) in [6.45, 7) is 6.29. The summed E-state index contributed by atoms with van der Waals surface area (Å²) >= 11 is 0. The minimum Gasteiger partial charge on any atom is -0.387 e. The van der Waals surface area contributed by atoms with Gasteiger partial charge in [-0.25, -0.2) is 0 Å². The Kier molecular flexibility index (Phi) is 8.99. The second-order valence-electron chi connectivity index (χ2n) is 6.91. The van der Waals surface area contributed by atoms with E-state index in [0.717, 1.165) is 44.8 Å². The van der Waals surface area contributed by atoms with Gasteiger partial charge in [0.1, 0.15) is 0 Å². The number of hydrogen-bond acceptors (Lipinski definition) is 4. The molecule has 1 spiro atoms. The number of nitrogens with zero attached hydrogens (tertiary/aromatic N) is 2. The molecule has 2 aliphatic rings. The molecule has 3 rings (SSSR count). The molecule has 1 atom stereocenters. The highest BCUT2D eigenvalue weighted by atomic mass is 35.5. The molecule has 0 aromatic heterocycles. The van der Waals surface area contributed by atoms with Crippen LogP contribution in [0.25, 0.3) is 0 Å². The highest BCUT2D eigenvalue weighted by Crippen LogP contribution is 2.29. The summed E-state index contributed by atoms with van der Waals surface area (Å²) in [7, 11) is 2.28. The van der Waals surface area contributed by atoms with Crippen molar-refractivity contribution in [1.82, 2.24) is 15.1 Å². The van der Waals surface area contributed by atoms with Crippen molar-refractivity contribution in [3.05, 3.63) is 35.9 Å². The number of aliphatic hydroxyl groups is 1. The number of benzene rings is 1. The highest BCUT2D eigenvalue weighted by Gasteiger charge is 2.39. The van der Waals surface area contributed by atoms with E-state index in [1.165, 1.54) is 19.3 Å². The zero-order valence-corrected chi connectivity index (χ0v) is 16.1. The Morgan fingerprint density at radius 2 is 1.79 bits per heavy atom. The van der Waals surface area contributed by atoms with Crippen molar-refractivity contribution in [2.45, 2.75) is 30.9 Å². The summed E-state index contributed by atoms with van der Waals surface area (Å²) in [6.07, 6.45) is 3.22. The van der Waals surface area contributed by atoms with E-state index in [-0.39, 0.29) is 36.5 Å².